The number of aryl methyl sites for hydroxylation is 1. The van der Waals surface area contributed by atoms with Gasteiger partial charge in [0.25, 0.3) is 0 Å². The molecule has 0 aliphatic rings. The molecule has 0 aliphatic carbocycles. The molecule has 0 unspecified atom stereocenters. The molecule has 0 spiro atoms. The predicted molar refractivity (Wildman–Crippen MR) is 60.5 cm³/mol. The fraction of sp³-hybridized carbons (Fsp3) is 0.250. The molecule has 0 aliphatic heterocycles. The molecule has 4 nitrogen and oxygen atoms in total. The summed E-state index contributed by atoms with van der Waals surface area (Å²) in [5, 5.41) is 3.20. The summed E-state index contributed by atoms with van der Waals surface area (Å²) in [5.74, 6) is 0.732. The highest BCUT2D eigenvalue weighted by Crippen LogP contribution is 2.31. The first kappa shape index (κ1) is 13.3. The number of alkyl halides is 3. The van der Waals surface area contributed by atoms with Crippen molar-refractivity contribution in [1.82, 2.24) is 4.98 Å². The minimum absolute atomic E-state index is 0.0932. The number of hydrogen-bond acceptors (Lipinski definition) is 4. The summed E-state index contributed by atoms with van der Waals surface area (Å²) in [5.41, 5.74) is 7.00. The molecule has 2 rings (SSSR count). The van der Waals surface area contributed by atoms with Crippen molar-refractivity contribution in [3.63, 3.8) is 0 Å². The first-order valence-corrected chi connectivity index (χ1v) is 5.39. The van der Waals surface area contributed by atoms with E-state index in [1.165, 1.54) is 12.1 Å². The van der Waals surface area contributed by atoms with E-state index in [1.807, 2.05) is 0 Å². The number of halogens is 3. The molecule has 0 amide bonds. The third-order valence-electron chi connectivity index (χ3n) is 2.58. The van der Waals surface area contributed by atoms with Gasteiger partial charge in [-0.05, 0) is 31.2 Å². The fourth-order valence-electron chi connectivity index (χ4n) is 1.57. The number of rotatable bonds is 3. The summed E-state index contributed by atoms with van der Waals surface area (Å²) in [6.07, 6.45) is -4.36. The summed E-state index contributed by atoms with van der Waals surface area (Å²) in [6, 6.07) is 4.55. The van der Waals surface area contributed by atoms with E-state index in [2.05, 4.69) is 10.1 Å². The first-order chi connectivity index (χ1) is 8.91. The zero-order valence-electron chi connectivity index (χ0n) is 9.95. The molecule has 0 atom stereocenters. The van der Waals surface area contributed by atoms with Crippen molar-refractivity contribution in [2.24, 2.45) is 5.11 Å². The van der Waals surface area contributed by atoms with Gasteiger partial charge in [0.2, 0.25) is 5.89 Å². The Hall–Kier alpha value is -2.18. The molecule has 1 aromatic carbocycles. The molecule has 0 fully saturated rings. The van der Waals surface area contributed by atoms with Gasteiger partial charge < -0.3 is 4.42 Å². The van der Waals surface area contributed by atoms with Gasteiger partial charge in [-0.1, -0.05) is 0 Å². The van der Waals surface area contributed by atoms with Crippen molar-refractivity contribution < 1.29 is 17.6 Å². The van der Waals surface area contributed by atoms with Crippen LogP contribution in [-0.2, 0) is 12.7 Å². The van der Waals surface area contributed by atoms with Crippen molar-refractivity contribution in [1.29, 1.82) is 5.53 Å². The van der Waals surface area contributed by atoms with E-state index in [0.29, 0.717) is 17.0 Å². The summed E-state index contributed by atoms with van der Waals surface area (Å²) in [7, 11) is 0. The molecule has 1 heterocycles. The van der Waals surface area contributed by atoms with Crippen LogP contribution in [0.1, 0.15) is 17.0 Å². The highest BCUT2D eigenvalue weighted by molar-refractivity contribution is 5.54. The van der Waals surface area contributed by atoms with Crippen LogP contribution in [0.3, 0.4) is 0 Å². The van der Waals surface area contributed by atoms with Crippen LogP contribution in [0.25, 0.3) is 11.5 Å². The third-order valence-corrected chi connectivity index (χ3v) is 2.58. The lowest BCUT2D eigenvalue weighted by Crippen LogP contribution is -2.03. The topological polar surface area (TPSA) is 62.2 Å². The Morgan fingerprint density at radius 3 is 2.42 bits per heavy atom. The molecule has 100 valence electrons. The Kier molecular flexibility index (Phi) is 3.37. The van der Waals surface area contributed by atoms with Crippen LogP contribution < -0.4 is 0 Å². The van der Waals surface area contributed by atoms with Crippen molar-refractivity contribution in [3.8, 4) is 11.5 Å². The first-order valence-electron chi connectivity index (χ1n) is 5.39. The number of oxazole rings is 1. The van der Waals surface area contributed by atoms with Crippen LogP contribution >= 0.6 is 0 Å². The molecule has 0 saturated heterocycles. The van der Waals surface area contributed by atoms with E-state index in [9.17, 15) is 13.2 Å². The van der Waals surface area contributed by atoms with Gasteiger partial charge in [0.1, 0.15) is 18.0 Å². The molecular formula is C12H10F3N3O. The maximum atomic E-state index is 12.4. The van der Waals surface area contributed by atoms with E-state index in [-0.39, 0.29) is 12.4 Å². The van der Waals surface area contributed by atoms with Crippen molar-refractivity contribution in [2.45, 2.75) is 19.6 Å². The zero-order valence-corrected chi connectivity index (χ0v) is 9.95. The third kappa shape index (κ3) is 2.81. The Morgan fingerprint density at radius 2 is 1.89 bits per heavy atom. The van der Waals surface area contributed by atoms with Gasteiger partial charge in [0, 0.05) is 5.56 Å². The molecular weight excluding hydrogens is 259 g/mol. The second-order valence-corrected chi connectivity index (χ2v) is 3.91. The highest BCUT2D eigenvalue weighted by atomic mass is 19.4. The molecule has 2 aromatic rings. The molecule has 0 saturated carbocycles. The number of nitrogens with zero attached hydrogens (tertiary/aromatic N) is 2. The summed E-state index contributed by atoms with van der Waals surface area (Å²) < 4.78 is 42.6. The summed E-state index contributed by atoms with van der Waals surface area (Å²) >= 11 is 0. The lowest BCUT2D eigenvalue weighted by Gasteiger charge is -2.05. The number of hydrogen-bond donors (Lipinski definition) is 1. The monoisotopic (exact) mass is 269 g/mol. The van der Waals surface area contributed by atoms with E-state index in [4.69, 9.17) is 9.95 Å². The summed E-state index contributed by atoms with van der Waals surface area (Å²) in [6.45, 7) is 1.76. The standard InChI is InChI=1S/C12H10F3N3O/c1-7-10(6-17-16)18-11(19-7)8-2-4-9(5-3-8)12(13,14)15/h2-5,16H,6H2,1H3. The van der Waals surface area contributed by atoms with Crippen LogP contribution in [0, 0.1) is 12.5 Å². The zero-order chi connectivity index (χ0) is 14.0. The molecule has 1 aromatic heterocycles. The fourth-order valence-corrected chi connectivity index (χ4v) is 1.57. The van der Waals surface area contributed by atoms with Crippen molar-refractivity contribution in [2.75, 3.05) is 0 Å². The van der Waals surface area contributed by atoms with Gasteiger partial charge >= 0.3 is 6.18 Å². The number of nitrogens with one attached hydrogen (secondary N) is 1. The van der Waals surface area contributed by atoms with Gasteiger partial charge in [-0.15, -0.1) is 0 Å². The summed E-state index contributed by atoms with van der Waals surface area (Å²) in [4.78, 5) is 4.10. The second-order valence-electron chi connectivity index (χ2n) is 3.91. The quantitative estimate of drug-likeness (QED) is 0.849. The largest absolute Gasteiger partial charge is 0.441 e. The van der Waals surface area contributed by atoms with E-state index < -0.39 is 11.7 Å². The molecule has 0 bridgehead atoms. The van der Waals surface area contributed by atoms with Crippen LogP contribution in [-0.4, -0.2) is 4.98 Å². The van der Waals surface area contributed by atoms with Gasteiger partial charge in [-0.2, -0.15) is 18.3 Å². The van der Waals surface area contributed by atoms with Crippen molar-refractivity contribution >= 4 is 0 Å². The minimum Gasteiger partial charge on any atom is -0.441 e. The Balaban J connectivity index is 2.32. The average molecular weight is 269 g/mol. The molecule has 0 radical (unpaired) electrons. The molecule has 19 heavy (non-hydrogen) atoms. The van der Waals surface area contributed by atoms with Gasteiger partial charge in [-0.25, -0.2) is 10.5 Å². The van der Waals surface area contributed by atoms with Crippen LogP contribution in [0.4, 0.5) is 13.2 Å². The Labute approximate surface area is 106 Å². The maximum absolute atomic E-state index is 12.4. The molecule has 1 N–H and O–H groups in total. The smallest absolute Gasteiger partial charge is 0.416 e. The minimum atomic E-state index is -4.36. The van der Waals surface area contributed by atoms with Crippen LogP contribution in [0.2, 0.25) is 0 Å². The Bertz CT molecular complexity index is 587. The maximum Gasteiger partial charge on any atom is 0.416 e. The number of aromatic nitrogens is 1. The molecule has 7 heteroatoms. The normalized spacial score (nSPS) is 11.6. The second kappa shape index (κ2) is 4.83. The lowest BCUT2D eigenvalue weighted by molar-refractivity contribution is -0.137. The average Bonchev–Trinajstić information content (AvgIpc) is 2.71. The predicted octanol–water partition coefficient (Wildman–Crippen LogP) is 4.20. The van der Waals surface area contributed by atoms with E-state index >= 15 is 0 Å². The highest BCUT2D eigenvalue weighted by Gasteiger charge is 2.30. The van der Waals surface area contributed by atoms with E-state index in [1.54, 1.807) is 6.92 Å². The van der Waals surface area contributed by atoms with Gasteiger partial charge in [0.05, 0.1) is 5.56 Å². The van der Waals surface area contributed by atoms with Crippen molar-refractivity contribution in [3.05, 3.63) is 41.3 Å². The van der Waals surface area contributed by atoms with Crippen LogP contribution in [0.5, 0.6) is 0 Å². The van der Waals surface area contributed by atoms with Gasteiger partial charge in [-0.3, -0.25) is 0 Å². The SMILES string of the molecule is Cc1oc(-c2ccc(C(F)(F)F)cc2)nc1CN=N. The van der Waals surface area contributed by atoms with E-state index in [0.717, 1.165) is 12.1 Å². The van der Waals surface area contributed by atoms with Crippen LogP contribution in [0.15, 0.2) is 33.8 Å². The Morgan fingerprint density at radius 1 is 1.26 bits per heavy atom. The number of benzene rings is 1. The van der Waals surface area contributed by atoms with Gasteiger partial charge in [0.15, 0.2) is 0 Å². The lowest BCUT2D eigenvalue weighted by atomic mass is 10.1.